The van der Waals surface area contributed by atoms with Crippen molar-refractivity contribution in [3.8, 4) is 5.75 Å². The minimum absolute atomic E-state index is 0.0441. The smallest absolute Gasteiger partial charge is 0.249 e. The number of carbonyl (C=O) groups is 3. The zero-order chi connectivity index (χ0) is 34.7. The second-order valence-corrected chi connectivity index (χ2v) is 12.7. The molecular weight excluding hydrogens is 611 g/mol. The van der Waals surface area contributed by atoms with E-state index in [2.05, 4.69) is 16.0 Å². The molecule has 0 spiro atoms. The van der Waals surface area contributed by atoms with Crippen LogP contribution in [0.25, 0.3) is 0 Å². The fourth-order valence-corrected chi connectivity index (χ4v) is 6.55. The lowest BCUT2D eigenvalue weighted by Crippen LogP contribution is -2.60. The number of aliphatic hydroxyl groups is 1. The zero-order valence-electron chi connectivity index (χ0n) is 28.4. The van der Waals surface area contributed by atoms with E-state index in [-0.39, 0.29) is 30.7 Å². The maximum Gasteiger partial charge on any atom is 0.249 e. The lowest BCUT2D eigenvalue weighted by molar-refractivity contribution is -0.144. The summed E-state index contributed by atoms with van der Waals surface area (Å²) in [6.45, 7) is 6.16. The highest BCUT2D eigenvalue weighted by Gasteiger charge is 2.53. The number of halogens is 1. The topological polar surface area (TPSA) is 120 Å². The van der Waals surface area contributed by atoms with Crippen LogP contribution in [0, 0.1) is 11.7 Å². The summed E-state index contributed by atoms with van der Waals surface area (Å²) in [4.78, 5) is 42.4. The summed E-state index contributed by atoms with van der Waals surface area (Å²) in [5.41, 5.74) is 1.21. The summed E-state index contributed by atoms with van der Waals surface area (Å²) in [6.07, 6.45) is 0.867. The zero-order valence-corrected chi connectivity index (χ0v) is 28.4. The highest BCUT2D eigenvalue weighted by Crippen LogP contribution is 2.34. The number of ether oxygens (including phenoxy) is 1. The van der Waals surface area contributed by atoms with Gasteiger partial charge in [-0.05, 0) is 66.5 Å². The molecule has 1 saturated heterocycles. The van der Waals surface area contributed by atoms with E-state index in [1.54, 1.807) is 30.2 Å². The monoisotopic (exact) mass is 660 g/mol. The Morgan fingerprint density at radius 3 is 2.44 bits per heavy atom. The third kappa shape index (κ3) is 9.20. The number of hydrogen-bond acceptors (Lipinski definition) is 6. The molecule has 3 amide bonds. The third-order valence-corrected chi connectivity index (χ3v) is 9.48. The van der Waals surface area contributed by atoms with E-state index in [9.17, 15) is 23.9 Å². The Balaban J connectivity index is 1.58. The first kappa shape index (κ1) is 36.6. The van der Waals surface area contributed by atoms with Crippen molar-refractivity contribution in [3.63, 3.8) is 0 Å². The van der Waals surface area contributed by atoms with E-state index in [1.165, 1.54) is 13.0 Å². The average molecular weight is 661 g/mol. The number of aliphatic hydroxyl groups excluding tert-OH is 1. The Kier molecular flexibility index (Phi) is 13.1. The molecule has 9 nitrogen and oxygen atoms in total. The van der Waals surface area contributed by atoms with Crippen LogP contribution in [0.1, 0.15) is 56.7 Å². The number of nitrogens with zero attached hydrogens (tertiary/aromatic N) is 1. The first-order valence-corrected chi connectivity index (χ1v) is 16.8. The van der Waals surface area contributed by atoms with Crippen LogP contribution in [0.5, 0.6) is 5.75 Å². The summed E-state index contributed by atoms with van der Waals surface area (Å²) in [5, 5.41) is 20.6. The van der Waals surface area contributed by atoms with Crippen molar-refractivity contribution in [3.05, 3.63) is 101 Å². The van der Waals surface area contributed by atoms with Gasteiger partial charge in [-0.25, -0.2) is 4.39 Å². The van der Waals surface area contributed by atoms with Gasteiger partial charge in [0.1, 0.15) is 23.1 Å². The van der Waals surface area contributed by atoms with Crippen LogP contribution in [-0.2, 0) is 33.8 Å². The van der Waals surface area contributed by atoms with Gasteiger partial charge in [-0.2, -0.15) is 0 Å². The van der Waals surface area contributed by atoms with Gasteiger partial charge < -0.3 is 30.7 Å². The third-order valence-electron chi connectivity index (χ3n) is 9.48. The van der Waals surface area contributed by atoms with Gasteiger partial charge in [-0.15, -0.1) is 0 Å². The van der Waals surface area contributed by atoms with E-state index < -0.39 is 35.5 Å². The first-order chi connectivity index (χ1) is 23.1. The van der Waals surface area contributed by atoms with Gasteiger partial charge in [0.25, 0.3) is 0 Å². The molecule has 258 valence electrons. The number of hydrogen-bond donors (Lipinski definition) is 4. The number of aryl methyl sites for hydroxylation is 1. The van der Waals surface area contributed by atoms with Crippen molar-refractivity contribution in [2.75, 3.05) is 20.2 Å². The van der Waals surface area contributed by atoms with Crippen LogP contribution in [-0.4, -0.2) is 71.7 Å². The standard InChI is InChI=1S/C38H49FN4O5/c1-5-26(2)38(42-27(3)44)20-21-43(37(38)47)34(19-18-28-12-7-6-8-13-28)36(46)41-33(23-30-15-9-10-17-32(30)39)35(45)25-40-24-29-14-11-16-31(22-29)48-4/h6-17,22,26,33-35,40,45H,5,18-21,23-25H2,1-4H3,(H,41,46)(H,42,44)/t26-,33-,34-,35+,38?/m0/s1. The number of likely N-dealkylation sites (tertiary alicyclic amines) is 1. The molecule has 3 aromatic rings. The fourth-order valence-electron chi connectivity index (χ4n) is 6.55. The van der Waals surface area contributed by atoms with Crippen molar-refractivity contribution >= 4 is 17.7 Å². The van der Waals surface area contributed by atoms with Crippen LogP contribution >= 0.6 is 0 Å². The molecule has 5 atom stereocenters. The first-order valence-electron chi connectivity index (χ1n) is 16.8. The van der Waals surface area contributed by atoms with Gasteiger partial charge in [-0.1, -0.05) is 80.9 Å². The molecule has 1 unspecified atom stereocenters. The lowest BCUT2D eigenvalue weighted by Gasteiger charge is -2.36. The summed E-state index contributed by atoms with van der Waals surface area (Å²) in [7, 11) is 1.60. The Labute approximate surface area is 283 Å². The molecular formula is C38H49FN4O5. The SMILES string of the molecule is CC[C@H](C)C1(NC(C)=O)CCN([C@@H](CCc2ccccc2)C(=O)N[C@@H](Cc2ccccc2F)[C@H](O)CNCc2cccc(OC)c2)C1=O. The summed E-state index contributed by atoms with van der Waals surface area (Å²) < 4.78 is 20.2. The molecule has 10 heteroatoms. The number of amides is 3. The molecule has 0 radical (unpaired) electrons. The van der Waals surface area contributed by atoms with Crippen molar-refractivity contribution < 1.29 is 28.6 Å². The van der Waals surface area contributed by atoms with Crippen LogP contribution in [0.2, 0.25) is 0 Å². The molecule has 0 bridgehead atoms. The van der Waals surface area contributed by atoms with Crippen LogP contribution < -0.4 is 20.7 Å². The number of benzene rings is 3. The second-order valence-electron chi connectivity index (χ2n) is 12.7. The fraction of sp³-hybridized carbons (Fsp3) is 0.447. The van der Waals surface area contributed by atoms with Gasteiger partial charge >= 0.3 is 0 Å². The van der Waals surface area contributed by atoms with Crippen molar-refractivity contribution in [1.82, 2.24) is 20.9 Å². The summed E-state index contributed by atoms with van der Waals surface area (Å²) >= 11 is 0. The molecule has 0 saturated carbocycles. The summed E-state index contributed by atoms with van der Waals surface area (Å²) in [6, 6.07) is 21.8. The highest BCUT2D eigenvalue weighted by atomic mass is 19.1. The van der Waals surface area contributed by atoms with Crippen LogP contribution in [0.3, 0.4) is 0 Å². The second kappa shape index (κ2) is 17.2. The molecule has 0 aromatic heterocycles. The highest BCUT2D eigenvalue weighted by molar-refractivity contribution is 5.96. The maximum absolute atomic E-state index is 14.8. The van der Waals surface area contributed by atoms with Gasteiger partial charge in [0.2, 0.25) is 17.7 Å². The Morgan fingerprint density at radius 1 is 1.04 bits per heavy atom. The van der Waals surface area contributed by atoms with E-state index in [4.69, 9.17) is 4.74 Å². The predicted molar refractivity (Wildman–Crippen MR) is 184 cm³/mol. The van der Waals surface area contributed by atoms with E-state index in [0.29, 0.717) is 50.1 Å². The average Bonchev–Trinajstić information content (AvgIpc) is 3.40. The van der Waals surface area contributed by atoms with E-state index in [0.717, 1.165) is 11.1 Å². The molecule has 4 N–H and O–H groups in total. The molecule has 0 aliphatic carbocycles. The molecule has 1 aliphatic heterocycles. The molecule has 1 fully saturated rings. The maximum atomic E-state index is 14.8. The van der Waals surface area contributed by atoms with Crippen molar-refractivity contribution in [2.24, 2.45) is 5.92 Å². The van der Waals surface area contributed by atoms with Gasteiger partial charge in [0.05, 0.1) is 19.3 Å². The number of rotatable bonds is 17. The van der Waals surface area contributed by atoms with Gasteiger partial charge in [0, 0.05) is 26.6 Å². The largest absolute Gasteiger partial charge is 0.497 e. The number of carbonyl (C=O) groups excluding carboxylic acids is 3. The molecule has 1 aliphatic rings. The number of nitrogens with one attached hydrogen (secondary N) is 3. The van der Waals surface area contributed by atoms with E-state index in [1.807, 2.05) is 68.4 Å². The lowest BCUT2D eigenvalue weighted by atomic mass is 9.81. The summed E-state index contributed by atoms with van der Waals surface area (Å²) in [5.74, 6) is -0.888. The Morgan fingerprint density at radius 2 is 1.75 bits per heavy atom. The Bertz CT molecular complexity index is 1520. The minimum atomic E-state index is -1.11. The normalized spacial score (nSPS) is 18.5. The molecule has 1 heterocycles. The number of methoxy groups -OCH3 is 1. The molecule has 48 heavy (non-hydrogen) atoms. The van der Waals surface area contributed by atoms with Crippen molar-refractivity contribution in [1.29, 1.82) is 0 Å². The quantitative estimate of drug-likeness (QED) is 0.173. The van der Waals surface area contributed by atoms with Crippen LogP contribution in [0.15, 0.2) is 78.9 Å². The molecule has 4 rings (SSSR count). The van der Waals surface area contributed by atoms with Crippen molar-refractivity contribution in [2.45, 2.75) is 83.1 Å². The predicted octanol–water partition coefficient (Wildman–Crippen LogP) is 4.17. The minimum Gasteiger partial charge on any atom is -0.497 e. The van der Waals surface area contributed by atoms with Crippen LogP contribution in [0.4, 0.5) is 4.39 Å². The van der Waals surface area contributed by atoms with Gasteiger partial charge in [0.15, 0.2) is 0 Å². The van der Waals surface area contributed by atoms with E-state index >= 15 is 0 Å². The van der Waals surface area contributed by atoms with Gasteiger partial charge in [-0.3, -0.25) is 14.4 Å². The molecule has 3 aromatic carbocycles. The Hall–Kier alpha value is -4.28.